The van der Waals surface area contributed by atoms with Gasteiger partial charge in [0.15, 0.2) is 11.6 Å². The highest BCUT2D eigenvalue weighted by atomic mass is 19.4. The fourth-order valence-electron chi connectivity index (χ4n) is 1.47. The van der Waals surface area contributed by atoms with Crippen molar-refractivity contribution in [2.24, 2.45) is 5.73 Å². The van der Waals surface area contributed by atoms with Crippen molar-refractivity contribution in [1.82, 2.24) is 4.98 Å². The van der Waals surface area contributed by atoms with E-state index in [1.807, 2.05) is 6.92 Å². The molecule has 1 aromatic rings. The monoisotopic (exact) mass is 263 g/mol. The maximum atomic E-state index is 12.1. The van der Waals surface area contributed by atoms with Crippen molar-refractivity contribution >= 4 is 5.82 Å². The van der Waals surface area contributed by atoms with E-state index >= 15 is 0 Å². The van der Waals surface area contributed by atoms with Crippen LogP contribution < -0.4 is 16.2 Å². The van der Waals surface area contributed by atoms with Crippen LogP contribution >= 0.6 is 0 Å². The van der Waals surface area contributed by atoms with Crippen molar-refractivity contribution in [3.05, 3.63) is 17.8 Å². The van der Waals surface area contributed by atoms with Crippen LogP contribution in [-0.4, -0.2) is 17.4 Å². The largest absolute Gasteiger partial charge is 0.573 e. The molecule has 7 heteroatoms. The summed E-state index contributed by atoms with van der Waals surface area (Å²) in [5.41, 5.74) is 11.5. The van der Waals surface area contributed by atoms with Gasteiger partial charge in [-0.05, 0) is 37.8 Å². The summed E-state index contributed by atoms with van der Waals surface area (Å²) in [4.78, 5) is 3.68. The lowest BCUT2D eigenvalue weighted by molar-refractivity contribution is -0.274. The predicted octanol–water partition coefficient (Wildman–Crippen LogP) is 2.23. The maximum Gasteiger partial charge on any atom is 0.573 e. The second-order valence-corrected chi connectivity index (χ2v) is 4.14. The Morgan fingerprint density at radius 2 is 2.11 bits per heavy atom. The number of halogens is 3. The summed E-state index contributed by atoms with van der Waals surface area (Å²) in [6, 6.07) is 1.33. The van der Waals surface area contributed by atoms with E-state index < -0.39 is 12.1 Å². The van der Waals surface area contributed by atoms with Gasteiger partial charge in [-0.3, -0.25) is 0 Å². The number of ether oxygens (including phenoxy) is 1. The molecular formula is C11H16F3N3O. The minimum atomic E-state index is -4.76. The number of nitrogen functional groups attached to an aromatic ring is 1. The van der Waals surface area contributed by atoms with Crippen LogP contribution in [0.3, 0.4) is 0 Å². The fraction of sp³-hybridized carbons (Fsp3) is 0.545. The first-order valence-corrected chi connectivity index (χ1v) is 5.53. The van der Waals surface area contributed by atoms with Crippen LogP contribution in [0.2, 0.25) is 0 Å². The van der Waals surface area contributed by atoms with Gasteiger partial charge in [-0.1, -0.05) is 0 Å². The van der Waals surface area contributed by atoms with E-state index in [2.05, 4.69) is 9.72 Å². The Balaban J connectivity index is 2.68. The zero-order valence-electron chi connectivity index (χ0n) is 10.00. The zero-order valence-corrected chi connectivity index (χ0v) is 10.00. The Hall–Kier alpha value is -1.50. The standard InChI is InChI=1S/C11H16F3N3O/c1-7(15)3-2-4-8-5-9(10(16)17-6-8)18-11(12,13)14/h5-7H,2-4,15H2,1H3,(H2,16,17)/t7-/m0/s1. The molecule has 0 spiro atoms. The third-order valence-electron chi connectivity index (χ3n) is 2.29. The van der Waals surface area contributed by atoms with Gasteiger partial charge in [0.25, 0.3) is 0 Å². The summed E-state index contributed by atoms with van der Waals surface area (Å²) in [5, 5.41) is 0. The van der Waals surface area contributed by atoms with E-state index in [1.165, 1.54) is 12.3 Å². The molecule has 4 nitrogen and oxygen atoms in total. The zero-order chi connectivity index (χ0) is 13.8. The van der Waals surface area contributed by atoms with Crippen molar-refractivity contribution in [1.29, 1.82) is 0 Å². The minimum Gasteiger partial charge on any atom is -0.402 e. The molecule has 0 bridgehead atoms. The Kier molecular flexibility index (Phi) is 4.77. The van der Waals surface area contributed by atoms with Crippen molar-refractivity contribution < 1.29 is 17.9 Å². The van der Waals surface area contributed by atoms with Crippen molar-refractivity contribution in [2.75, 3.05) is 5.73 Å². The average molecular weight is 263 g/mol. The molecule has 0 aliphatic rings. The first-order chi connectivity index (χ1) is 8.28. The van der Waals surface area contributed by atoms with Crippen LogP contribution in [0.1, 0.15) is 25.3 Å². The Bertz CT molecular complexity index is 394. The number of nitrogens with two attached hydrogens (primary N) is 2. The summed E-state index contributed by atoms with van der Waals surface area (Å²) in [7, 11) is 0. The van der Waals surface area contributed by atoms with Gasteiger partial charge >= 0.3 is 6.36 Å². The second kappa shape index (κ2) is 5.90. The van der Waals surface area contributed by atoms with Gasteiger partial charge in [-0.25, -0.2) is 4.98 Å². The van der Waals surface area contributed by atoms with E-state index in [4.69, 9.17) is 11.5 Å². The highest BCUT2D eigenvalue weighted by Crippen LogP contribution is 2.27. The van der Waals surface area contributed by atoms with Crippen LogP contribution in [0.15, 0.2) is 12.3 Å². The number of aromatic nitrogens is 1. The van der Waals surface area contributed by atoms with E-state index in [-0.39, 0.29) is 11.9 Å². The van der Waals surface area contributed by atoms with Crippen LogP contribution in [0.5, 0.6) is 5.75 Å². The summed E-state index contributed by atoms with van der Waals surface area (Å²) >= 11 is 0. The van der Waals surface area contributed by atoms with Crippen LogP contribution in [-0.2, 0) is 6.42 Å². The first-order valence-electron chi connectivity index (χ1n) is 5.53. The number of pyridine rings is 1. The molecule has 0 aliphatic heterocycles. The van der Waals surface area contributed by atoms with E-state index in [0.29, 0.717) is 12.0 Å². The van der Waals surface area contributed by atoms with Gasteiger partial charge in [0, 0.05) is 12.2 Å². The van der Waals surface area contributed by atoms with E-state index in [0.717, 1.165) is 12.8 Å². The fourth-order valence-corrected chi connectivity index (χ4v) is 1.47. The van der Waals surface area contributed by atoms with Gasteiger partial charge in [-0.2, -0.15) is 0 Å². The normalized spacial score (nSPS) is 13.4. The number of hydrogen-bond donors (Lipinski definition) is 2. The molecule has 0 aliphatic carbocycles. The van der Waals surface area contributed by atoms with E-state index in [9.17, 15) is 13.2 Å². The Labute approximate surface area is 103 Å². The molecule has 0 fully saturated rings. The van der Waals surface area contributed by atoms with Gasteiger partial charge in [-0.15, -0.1) is 13.2 Å². The molecule has 0 unspecified atom stereocenters. The molecule has 4 N–H and O–H groups in total. The van der Waals surface area contributed by atoms with Gasteiger partial charge in [0.2, 0.25) is 0 Å². The number of nitrogens with zero attached hydrogens (tertiary/aromatic N) is 1. The van der Waals surface area contributed by atoms with Crippen molar-refractivity contribution in [3.63, 3.8) is 0 Å². The van der Waals surface area contributed by atoms with Crippen LogP contribution in [0.4, 0.5) is 19.0 Å². The molecule has 0 saturated carbocycles. The molecule has 0 saturated heterocycles. The summed E-state index contributed by atoms with van der Waals surface area (Å²) in [6.45, 7) is 1.87. The van der Waals surface area contributed by atoms with Gasteiger partial charge in [0.05, 0.1) is 0 Å². The predicted molar refractivity (Wildman–Crippen MR) is 61.9 cm³/mol. The molecular weight excluding hydrogens is 247 g/mol. The number of hydrogen-bond acceptors (Lipinski definition) is 4. The van der Waals surface area contributed by atoms with Crippen molar-refractivity contribution in [2.45, 2.75) is 38.6 Å². The van der Waals surface area contributed by atoms with Gasteiger partial charge < -0.3 is 16.2 Å². The molecule has 0 radical (unpaired) electrons. The van der Waals surface area contributed by atoms with Gasteiger partial charge in [0.1, 0.15) is 0 Å². The molecule has 1 aromatic heterocycles. The minimum absolute atomic E-state index is 0.0673. The van der Waals surface area contributed by atoms with Crippen LogP contribution in [0.25, 0.3) is 0 Å². The van der Waals surface area contributed by atoms with Crippen LogP contribution in [0, 0.1) is 0 Å². The lowest BCUT2D eigenvalue weighted by atomic mass is 10.1. The Morgan fingerprint density at radius 3 is 2.67 bits per heavy atom. The number of aryl methyl sites for hydroxylation is 1. The molecule has 102 valence electrons. The SMILES string of the molecule is C[C@H](N)CCCc1cnc(N)c(OC(F)(F)F)c1. The number of rotatable bonds is 5. The summed E-state index contributed by atoms with van der Waals surface area (Å²) in [5.74, 6) is -0.732. The smallest absolute Gasteiger partial charge is 0.402 e. The highest BCUT2D eigenvalue weighted by molar-refractivity contribution is 5.47. The summed E-state index contributed by atoms with van der Waals surface area (Å²) in [6.07, 6.45) is -1.17. The summed E-state index contributed by atoms with van der Waals surface area (Å²) < 4.78 is 40.1. The molecule has 0 amide bonds. The molecule has 1 rings (SSSR count). The quantitative estimate of drug-likeness (QED) is 0.854. The molecule has 1 atom stereocenters. The molecule has 0 aromatic carbocycles. The second-order valence-electron chi connectivity index (χ2n) is 4.14. The topological polar surface area (TPSA) is 74.2 Å². The maximum absolute atomic E-state index is 12.1. The first kappa shape index (κ1) is 14.6. The average Bonchev–Trinajstić information content (AvgIpc) is 2.20. The molecule has 1 heterocycles. The number of anilines is 1. The third-order valence-corrected chi connectivity index (χ3v) is 2.29. The lowest BCUT2D eigenvalue weighted by Gasteiger charge is -2.12. The van der Waals surface area contributed by atoms with Crippen molar-refractivity contribution in [3.8, 4) is 5.75 Å². The highest BCUT2D eigenvalue weighted by Gasteiger charge is 2.32. The van der Waals surface area contributed by atoms with E-state index in [1.54, 1.807) is 0 Å². The number of alkyl halides is 3. The lowest BCUT2D eigenvalue weighted by Crippen LogP contribution is -2.18. The Morgan fingerprint density at radius 1 is 1.44 bits per heavy atom. The third kappa shape index (κ3) is 5.22. The molecule has 18 heavy (non-hydrogen) atoms.